The Hall–Kier alpha value is -1.55. The Morgan fingerprint density at radius 3 is 2.42 bits per heavy atom. The molecule has 1 rings (SSSR count). The van der Waals surface area contributed by atoms with Gasteiger partial charge in [0.15, 0.2) is 17.3 Å². The monoisotopic (exact) mass is 265 g/mol. The highest BCUT2D eigenvalue weighted by Gasteiger charge is 2.11. The van der Waals surface area contributed by atoms with E-state index in [0.29, 0.717) is 43.2 Å². The van der Waals surface area contributed by atoms with Crippen molar-refractivity contribution >= 4 is 5.78 Å². The van der Waals surface area contributed by atoms with Crippen molar-refractivity contribution in [1.29, 1.82) is 0 Å². The molecule has 0 amide bonds. The molecule has 0 aromatic heterocycles. The smallest absolute Gasteiger partial charge is 0.163 e. The predicted octanol–water partition coefficient (Wildman–Crippen LogP) is 2.80. The molecule has 4 nitrogen and oxygen atoms in total. The zero-order chi connectivity index (χ0) is 14.1. The summed E-state index contributed by atoms with van der Waals surface area (Å²) < 4.78 is 11.0. The second kappa shape index (κ2) is 8.53. The quantitative estimate of drug-likeness (QED) is 0.551. The molecule has 0 aliphatic rings. The normalized spacial score (nSPS) is 10.3. The van der Waals surface area contributed by atoms with Crippen LogP contribution in [0.5, 0.6) is 11.5 Å². The van der Waals surface area contributed by atoms with Crippen molar-refractivity contribution in [2.75, 3.05) is 19.8 Å². The molecule has 19 heavy (non-hydrogen) atoms. The molecule has 0 aliphatic carbocycles. The number of ketones is 1. The van der Waals surface area contributed by atoms with Crippen LogP contribution in [0.4, 0.5) is 0 Å². The molecule has 106 valence electrons. The van der Waals surface area contributed by atoms with Gasteiger partial charge in [-0.3, -0.25) is 4.79 Å². The number of benzene rings is 1. The summed E-state index contributed by atoms with van der Waals surface area (Å²) in [4.78, 5) is 12.0. The molecular formula is C15H23NO3. The summed E-state index contributed by atoms with van der Waals surface area (Å²) in [5.41, 5.74) is 6.09. The lowest BCUT2D eigenvalue weighted by Crippen LogP contribution is -2.04. The van der Waals surface area contributed by atoms with Crippen molar-refractivity contribution in [3.63, 3.8) is 0 Å². The van der Waals surface area contributed by atoms with Gasteiger partial charge in [0.05, 0.1) is 13.2 Å². The van der Waals surface area contributed by atoms with E-state index >= 15 is 0 Å². The Morgan fingerprint density at radius 2 is 1.79 bits per heavy atom. The first kappa shape index (κ1) is 15.5. The van der Waals surface area contributed by atoms with Crippen molar-refractivity contribution in [3.8, 4) is 11.5 Å². The van der Waals surface area contributed by atoms with E-state index in [-0.39, 0.29) is 5.78 Å². The molecule has 0 saturated heterocycles. The van der Waals surface area contributed by atoms with E-state index in [1.807, 2.05) is 13.8 Å². The minimum Gasteiger partial charge on any atom is -0.490 e. The van der Waals surface area contributed by atoms with Gasteiger partial charge in [-0.1, -0.05) is 0 Å². The average Bonchev–Trinajstić information content (AvgIpc) is 2.41. The van der Waals surface area contributed by atoms with E-state index in [1.54, 1.807) is 18.2 Å². The minimum absolute atomic E-state index is 0.123. The third kappa shape index (κ3) is 4.91. The lowest BCUT2D eigenvalue weighted by atomic mass is 10.0. The molecule has 4 heteroatoms. The summed E-state index contributed by atoms with van der Waals surface area (Å²) in [7, 11) is 0. The van der Waals surface area contributed by atoms with Crippen LogP contribution in [0.3, 0.4) is 0 Å². The van der Waals surface area contributed by atoms with Crippen LogP contribution >= 0.6 is 0 Å². The molecule has 1 aromatic carbocycles. The molecule has 0 unspecified atom stereocenters. The zero-order valence-corrected chi connectivity index (χ0v) is 11.8. The number of carbonyl (C=O) groups is 1. The van der Waals surface area contributed by atoms with Gasteiger partial charge in [-0.15, -0.1) is 0 Å². The number of nitrogens with two attached hydrogens (primary N) is 1. The highest BCUT2D eigenvalue weighted by atomic mass is 16.5. The van der Waals surface area contributed by atoms with Crippen molar-refractivity contribution in [2.24, 2.45) is 5.73 Å². The maximum atomic E-state index is 12.0. The van der Waals surface area contributed by atoms with Crippen LogP contribution < -0.4 is 15.2 Å². The summed E-state index contributed by atoms with van der Waals surface area (Å²) in [5, 5.41) is 0. The second-order valence-electron chi connectivity index (χ2n) is 4.20. The van der Waals surface area contributed by atoms with Gasteiger partial charge in [0, 0.05) is 12.0 Å². The lowest BCUT2D eigenvalue weighted by molar-refractivity contribution is 0.0979. The SMILES string of the molecule is CCOc1ccc(C(=O)CCCCN)cc1OCC. The Labute approximate surface area is 114 Å². The number of hydrogen-bond donors (Lipinski definition) is 1. The molecule has 0 spiro atoms. The van der Waals surface area contributed by atoms with Crippen LogP contribution in [0.1, 0.15) is 43.5 Å². The molecule has 0 bridgehead atoms. The van der Waals surface area contributed by atoms with Gasteiger partial charge in [0.2, 0.25) is 0 Å². The summed E-state index contributed by atoms with van der Waals surface area (Å²) in [6.45, 7) is 5.57. The Bertz CT molecular complexity index is 404. The number of unbranched alkanes of at least 4 members (excludes halogenated alkanes) is 1. The fourth-order valence-corrected chi connectivity index (χ4v) is 1.80. The highest BCUT2D eigenvalue weighted by Crippen LogP contribution is 2.29. The summed E-state index contributed by atoms with van der Waals surface area (Å²) in [6.07, 6.45) is 2.23. The molecule has 0 aliphatic heterocycles. The average molecular weight is 265 g/mol. The van der Waals surface area contributed by atoms with E-state index in [9.17, 15) is 4.79 Å². The predicted molar refractivity (Wildman–Crippen MR) is 76.0 cm³/mol. The summed E-state index contributed by atoms with van der Waals surface area (Å²) in [6, 6.07) is 5.35. The molecule has 0 atom stereocenters. The molecule has 0 fully saturated rings. The van der Waals surface area contributed by atoms with E-state index < -0.39 is 0 Å². The zero-order valence-electron chi connectivity index (χ0n) is 11.8. The fourth-order valence-electron chi connectivity index (χ4n) is 1.80. The number of ether oxygens (including phenoxy) is 2. The Morgan fingerprint density at radius 1 is 1.11 bits per heavy atom. The van der Waals surface area contributed by atoms with Gasteiger partial charge in [-0.05, 0) is 51.4 Å². The van der Waals surface area contributed by atoms with Crippen molar-refractivity contribution in [2.45, 2.75) is 33.1 Å². The molecule has 2 N–H and O–H groups in total. The molecule has 0 heterocycles. The summed E-state index contributed by atoms with van der Waals surface area (Å²) >= 11 is 0. The van der Waals surface area contributed by atoms with Gasteiger partial charge in [0.1, 0.15) is 0 Å². The van der Waals surface area contributed by atoms with Crippen LogP contribution in [-0.2, 0) is 0 Å². The minimum atomic E-state index is 0.123. The molecule has 1 aromatic rings. The van der Waals surface area contributed by atoms with Crippen molar-refractivity contribution in [3.05, 3.63) is 23.8 Å². The van der Waals surface area contributed by atoms with Crippen molar-refractivity contribution in [1.82, 2.24) is 0 Å². The maximum absolute atomic E-state index is 12.0. The van der Waals surface area contributed by atoms with Gasteiger partial charge in [-0.25, -0.2) is 0 Å². The van der Waals surface area contributed by atoms with Gasteiger partial charge >= 0.3 is 0 Å². The van der Waals surface area contributed by atoms with Crippen molar-refractivity contribution < 1.29 is 14.3 Å². The van der Waals surface area contributed by atoms with Crippen LogP contribution in [0, 0.1) is 0 Å². The van der Waals surface area contributed by atoms with Gasteiger partial charge in [0.25, 0.3) is 0 Å². The number of rotatable bonds is 9. The first-order valence-electron chi connectivity index (χ1n) is 6.85. The van der Waals surface area contributed by atoms with E-state index in [4.69, 9.17) is 15.2 Å². The van der Waals surface area contributed by atoms with E-state index in [2.05, 4.69) is 0 Å². The third-order valence-electron chi connectivity index (χ3n) is 2.72. The molecule has 0 saturated carbocycles. The first-order chi connectivity index (χ1) is 9.22. The molecular weight excluding hydrogens is 242 g/mol. The van der Waals surface area contributed by atoms with Gasteiger partial charge in [-0.2, -0.15) is 0 Å². The van der Waals surface area contributed by atoms with E-state index in [0.717, 1.165) is 12.8 Å². The Kier molecular flexibility index (Phi) is 6.97. The maximum Gasteiger partial charge on any atom is 0.163 e. The van der Waals surface area contributed by atoms with E-state index in [1.165, 1.54) is 0 Å². The highest BCUT2D eigenvalue weighted by molar-refractivity contribution is 5.96. The van der Waals surface area contributed by atoms with Crippen LogP contribution in [-0.4, -0.2) is 25.5 Å². The number of hydrogen-bond acceptors (Lipinski definition) is 4. The number of Topliss-reactive ketones (excluding diaryl/α,β-unsaturated/α-hetero) is 1. The summed E-state index contributed by atoms with van der Waals surface area (Å²) in [5.74, 6) is 1.44. The standard InChI is InChI=1S/C15H23NO3/c1-3-18-14-9-8-12(11-15(14)19-4-2)13(17)7-5-6-10-16/h8-9,11H,3-7,10,16H2,1-2H3. The van der Waals surface area contributed by atoms with Crippen LogP contribution in [0.15, 0.2) is 18.2 Å². The van der Waals surface area contributed by atoms with Crippen LogP contribution in [0.2, 0.25) is 0 Å². The Balaban J connectivity index is 2.78. The van der Waals surface area contributed by atoms with Crippen LogP contribution in [0.25, 0.3) is 0 Å². The molecule has 0 radical (unpaired) electrons. The second-order valence-corrected chi connectivity index (χ2v) is 4.20. The third-order valence-corrected chi connectivity index (χ3v) is 2.72. The number of carbonyl (C=O) groups excluding carboxylic acids is 1. The fraction of sp³-hybridized carbons (Fsp3) is 0.533. The van der Waals surface area contributed by atoms with Gasteiger partial charge < -0.3 is 15.2 Å². The first-order valence-corrected chi connectivity index (χ1v) is 6.85. The topological polar surface area (TPSA) is 61.5 Å². The lowest BCUT2D eigenvalue weighted by Gasteiger charge is -2.12. The largest absolute Gasteiger partial charge is 0.490 e.